The van der Waals surface area contributed by atoms with E-state index in [1.54, 1.807) is 36.6 Å². The number of hydrogen-bond donors (Lipinski definition) is 5. The molecule has 0 aliphatic carbocycles. The number of alkyl halides is 2. The number of carbonyl (C=O) groups excluding carboxylic acids is 3. The van der Waals surface area contributed by atoms with Gasteiger partial charge < -0.3 is 26.3 Å². The molecule has 1 saturated heterocycles. The minimum Gasteiger partial charge on any atom is -0.384 e. The van der Waals surface area contributed by atoms with Crippen LogP contribution >= 0.6 is 11.3 Å². The second kappa shape index (κ2) is 10.7. The third-order valence-electron chi connectivity index (χ3n) is 7.14. The average molecular weight is 567 g/mol. The van der Waals surface area contributed by atoms with E-state index in [4.69, 9.17) is 11.1 Å². The van der Waals surface area contributed by atoms with Gasteiger partial charge in [0.25, 0.3) is 5.91 Å². The second-order valence-corrected chi connectivity index (χ2v) is 11.0. The number of carbonyl (C=O) groups is 3. The number of hydrogen-bond acceptors (Lipinski definition) is 5. The van der Waals surface area contributed by atoms with E-state index in [1.165, 1.54) is 11.3 Å². The van der Waals surface area contributed by atoms with Crippen molar-refractivity contribution in [2.45, 2.75) is 31.1 Å². The van der Waals surface area contributed by atoms with Crippen molar-refractivity contribution in [1.29, 1.82) is 5.41 Å². The van der Waals surface area contributed by atoms with Crippen LogP contribution < -0.4 is 16.4 Å². The number of rotatable bonds is 8. The molecule has 1 unspecified atom stereocenters. The summed E-state index contributed by atoms with van der Waals surface area (Å²) in [6.45, 7) is -0.726. The molecule has 3 heterocycles. The molecule has 4 aromatic rings. The van der Waals surface area contributed by atoms with Gasteiger partial charge in [0.2, 0.25) is 11.8 Å². The topological polar surface area (TPSA) is 144 Å². The third-order valence-corrected chi connectivity index (χ3v) is 8.25. The summed E-state index contributed by atoms with van der Waals surface area (Å²) in [5.41, 5.74) is 5.77. The SMILES string of the molecule is C[C@@H](NC(=O)C1C[C@](F)(CF)CN1C(=O)CNC(=O)c1ccc2[nH]c3ccccc3c2c1)c1cc(C(=N)N)cs1. The number of nitrogens with zero attached hydrogens (tertiary/aromatic N) is 1. The van der Waals surface area contributed by atoms with Crippen LogP contribution in [0.5, 0.6) is 0 Å². The number of nitrogens with one attached hydrogen (secondary N) is 4. The van der Waals surface area contributed by atoms with Crippen LogP contribution in [0.15, 0.2) is 53.9 Å². The van der Waals surface area contributed by atoms with Crippen LogP contribution in [0.4, 0.5) is 8.78 Å². The molecule has 40 heavy (non-hydrogen) atoms. The Labute approximate surface area is 232 Å². The van der Waals surface area contributed by atoms with Crippen molar-refractivity contribution in [2.24, 2.45) is 5.73 Å². The van der Waals surface area contributed by atoms with Gasteiger partial charge in [-0.1, -0.05) is 18.2 Å². The number of aromatic amines is 1. The first-order valence-electron chi connectivity index (χ1n) is 12.6. The van der Waals surface area contributed by atoms with E-state index in [0.717, 1.165) is 26.7 Å². The minimum absolute atomic E-state index is 0.109. The van der Waals surface area contributed by atoms with E-state index in [2.05, 4.69) is 15.6 Å². The fourth-order valence-corrected chi connectivity index (χ4v) is 5.90. The number of nitrogen functional groups attached to an aromatic ring is 1. The molecule has 1 fully saturated rings. The van der Waals surface area contributed by atoms with Gasteiger partial charge in [-0.25, -0.2) is 8.78 Å². The zero-order valence-electron chi connectivity index (χ0n) is 21.6. The molecular formula is C28H28F2N6O3S. The smallest absolute Gasteiger partial charge is 0.251 e. The minimum atomic E-state index is -2.37. The number of amidine groups is 1. The van der Waals surface area contributed by atoms with Gasteiger partial charge in [-0.05, 0) is 37.3 Å². The summed E-state index contributed by atoms with van der Waals surface area (Å²) < 4.78 is 28.6. The number of thiophene rings is 1. The number of halogens is 2. The van der Waals surface area contributed by atoms with Crippen molar-refractivity contribution in [3.05, 3.63) is 69.9 Å². The molecule has 9 nitrogen and oxygen atoms in total. The summed E-state index contributed by atoms with van der Waals surface area (Å²) in [5.74, 6) is -1.95. The average Bonchev–Trinajstić information content (AvgIpc) is 3.67. The monoisotopic (exact) mass is 566 g/mol. The van der Waals surface area contributed by atoms with Gasteiger partial charge in [0.15, 0.2) is 5.67 Å². The van der Waals surface area contributed by atoms with Crippen LogP contribution in [0.1, 0.15) is 40.2 Å². The van der Waals surface area contributed by atoms with Crippen LogP contribution in [0.3, 0.4) is 0 Å². The standard InChI is InChI=1S/C28H28F2N6O3S/c1-15(23-9-17(12-40-23)25(31)32)34-27(39)22-10-28(30,13-29)14-36(22)24(37)11-33-26(38)16-6-7-21-19(8-16)18-4-2-3-5-20(18)35-21/h2-9,12,15,22,35H,10-11,13-14H2,1H3,(H3,31,32)(H,33,38)(H,34,39)/t15-,22?,28+/m1/s1. The Morgan fingerprint density at radius 1 is 1.18 bits per heavy atom. The first-order valence-corrected chi connectivity index (χ1v) is 13.5. The fourth-order valence-electron chi connectivity index (χ4n) is 4.98. The molecular weight excluding hydrogens is 538 g/mol. The molecule has 3 atom stereocenters. The summed E-state index contributed by atoms with van der Waals surface area (Å²) in [6, 6.07) is 12.7. The zero-order valence-corrected chi connectivity index (χ0v) is 22.4. The van der Waals surface area contributed by atoms with Gasteiger partial charge in [0.1, 0.15) is 18.6 Å². The van der Waals surface area contributed by atoms with Gasteiger partial charge in [0, 0.05) is 49.6 Å². The molecule has 3 amide bonds. The van der Waals surface area contributed by atoms with E-state index in [1.807, 2.05) is 24.3 Å². The molecule has 2 aromatic heterocycles. The maximum absolute atomic E-state index is 15.0. The molecule has 6 N–H and O–H groups in total. The number of amides is 3. The van der Waals surface area contributed by atoms with E-state index in [0.29, 0.717) is 16.0 Å². The first kappa shape index (κ1) is 27.3. The lowest BCUT2D eigenvalue weighted by molar-refractivity contribution is -0.138. The van der Waals surface area contributed by atoms with Crippen molar-refractivity contribution < 1.29 is 23.2 Å². The Morgan fingerprint density at radius 2 is 1.93 bits per heavy atom. The highest BCUT2D eigenvalue weighted by Crippen LogP contribution is 2.32. The highest BCUT2D eigenvalue weighted by molar-refractivity contribution is 7.10. The van der Waals surface area contributed by atoms with Crippen LogP contribution in [-0.4, -0.2) is 64.9 Å². The third kappa shape index (κ3) is 5.26. The van der Waals surface area contributed by atoms with Gasteiger partial charge in [-0.3, -0.25) is 19.8 Å². The summed E-state index contributed by atoms with van der Waals surface area (Å²) in [6.07, 6.45) is -0.498. The lowest BCUT2D eigenvalue weighted by Gasteiger charge is -2.25. The molecule has 208 valence electrons. The molecule has 0 bridgehead atoms. The van der Waals surface area contributed by atoms with E-state index < -0.39 is 61.7 Å². The first-order chi connectivity index (χ1) is 19.1. The molecule has 12 heteroatoms. The largest absolute Gasteiger partial charge is 0.384 e. The lowest BCUT2D eigenvalue weighted by atomic mass is 10.0. The van der Waals surface area contributed by atoms with Crippen molar-refractivity contribution in [3.63, 3.8) is 0 Å². The van der Waals surface area contributed by atoms with Gasteiger partial charge in [-0.15, -0.1) is 11.3 Å². The van der Waals surface area contributed by atoms with Crippen molar-refractivity contribution in [2.75, 3.05) is 19.8 Å². The van der Waals surface area contributed by atoms with Gasteiger partial charge in [0.05, 0.1) is 19.1 Å². The highest BCUT2D eigenvalue weighted by atomic mass is 32.1. The molecule has 0 radical (unpaired) electrons. The van der Waals surface area contributed by atoms with Crippen molar-refractivity contribution >= 4 is 56.7 Å². The quantitative estimate of drug-likeness (QED) is 0.164. The van der Waals surface area contributed by atoms with Gasteiger partial charge >= 0.3 is 0 Å². The summed E-state index contributed by atoms with van der Waals surface area (Å²) in [5, 5.41) is 16.3. The number of aromatic nitrogens is 1. The second-order valence-electron chi connectivity index (χ2n) is 10.0. The van der Waals surface area contributed by atoms with Crippen LogP contribution in [0.25, 0.3) is 21.8 Å². The summed E-state index contributed by atoms with van der Waals surface area (Å²) >= 11 is 1.29. The van der Waals surface area contributed by atoms with Crippen LogP contribution in [0, 0.1) is 5.41 Å². The Balaban J connectivity index is 1.27. The molecule has 5 rings (SSSR count). The van der Waals surface area contributed by atoms with Crippen LogP contribution in [0.2, 0.25) is 0 Å². The molecule has 2 aromatic carbocycles. The number of likely N-dealkylation sites (tertiary alicyclic amines) is 1. The Morgan fingerprint density at radius 3 is 2.65 bits per heavy atom. The number of H-pyrrole nitrogens is 1. The number of nitrogens with two attached hydrogens (primary N) is 1. The summed E-state index contributed by atoms with van der Waals surface area (Å²) in [4.78, 5) is 44.1. The highest BCUT2D eigenvalue weighted by Gasteiger charge is 2.49. The maximum Gasteiger partial charge on any atom is 0.251 e. The predicted octanol–water partition coefficient (Wildman–Crippen LogP) is 3.55. The lowest BCUT2D eigenvalue weighted by Crippen LogP contribution is -2.49. The normalized spacial score (nSPS) is 19.6. The Bertz CT molecular complexity index is 1630. The molecule has 0 spiro atoms. The van der Waals surface area contributed by atoms with Crippen molar-refractivity contribution in [3.8, 4) is 0 Å². The van der Waals surface area contributed by atoms with Crippen molar-refractivity contribution in [1.82, 2.24) is 20.5 Å². The number of benzene rings is 2. The summed E-state index contributed by atoms with van der Waals surface area (Å²) in [7, 11) is 0. The molecule has 1 aliphatic heterocycles. The maximum atomic E-state index is 15.0. The predicted molar refractivity (Wildman–Crippen MR) is 150 cm³/mol. The van der Waals surface area contributed by atoms with E-state index >= 15 is 4.39 Å². The zero-order chi connectivity index (χ0) is 28.6. The van der Waals surface area contributed by atoms with Gasteiger partial charge in [-0.2, -0.15) is 0 Å². The van der Waals surface area contributed by atoms with Crippen LogP contribution in [-0.2, 0) is 9.59 Å². The Hall–Kier alpha value is -4.32. The Kier molecular flexibility index (Phi) is 7.28. The fraction of sp³-hybridized carbons (Fsp3) is 0.286. The molecule has 0 saturated carbocycles. The van der Waals surface area contributed by atoms with E-state index in [9.17, 15) is 18.8 Å². The van der Waals surface area contributed by atoms with E-state index in [-0.39, 0.29) is 5.84 Å². The number of para-hydroxylation sites is 1. The molecule has 1 aliphatic rings. The number of fused-ring (bicyclic) bond motifs is 3.